The van der Waals surface area contributed by atoms with Crippen LogP contribution in [0.1, 0.15) is 47.0 Å². The molecule has 0 bridgehead atoms. The lowest BCUT2D eigenvalue weighted by molar-refractivity contribution is -0.184. The van der Waals surface area contributed by atoms with Crippen molar-refractivity contribution in [2.45, 2.75) is 52.7 Å². The molecule has 0 amide bonds. The fraction of sp³-hybridized carbons (Fsp3) is 1.00. The summed E-state index contributed by atoms with van der Waals surface area (Å²) in [6.07, 6.45) is 1.71. The molecule has 2 heteroatoms. The van der Waals surface area contributed by atoms with E-state index >= 15 is 0 Å². The van der Waals surface area contributed by atoms with Crippen LogP contribution in [-0.4, -0.2) is 16.0 Å². The van der Waals surface area contributed by atoms with Gasteiger partial charge >= 0.3 is 0 Å². The van der Waals surface area contributed by atoms with E-state index in [1.165, 1.54) is 0 Å². The van der Waals surface area contributed by atoms with Crippen LogP contribution >= 0.6 is 0 Å². The standard InChI is InChI=1S/C9H20O2/c1-5-6-9(10,11)7-8(2,3)4/h10-11H,5-7H2,1-4H3. The molecule has 0 aromatic heterocycles. The predicted molar refractivity (Wildman–Crippen MR) is 46.1 cm³/mol. The zero-order valence-electron chi connectivity index (χ0n) is 8.02. The van der Waals surface area contributed by atoms with Crippen molar-refractivity contribution >= 4 is 0 Å². The SMILES string of the molecule is CCCC(O)(O)CC(C)(C)C. The minimum absolute atomic E-state index is 0.0152. The van der Waals surface area contributed by atoms with Crippen molar-refractivity contribution < 1.29 is 10.2 Å². The summed E-state index contributed by atoms with van der Waals surface area (Å²) >= 11 is 0. The molecule has 0 unspecified atom stereocenters. The highest BCUT2D eigenvalue weighted by Crippen LogP contribution is 2.28. The van der Waals surface area contributed by atoms with Crippen LogP contribution in [0.3, 0.4) is 0 Å². The molecule has 0 radical (unpaired) electrons. The van der Waals surface area contributed by atoms with Gasteiger partial charge in [0.05, 0.1) is 0 Å². The first-order valence-corrected chi connectivity index (χ1v) is 4.21. The lowest BCUT2D eigenvalue weighted by Crippen LogP contribution is -2.32. The van der Waals surface area contributed by atoms with Gasteiger partial charge in [0, 0.05) is 12.8 Å². The molecule has 0 fully saturated rings. The second-order valence-electron chi connectivity index (χ2n) is 4.47. The number of hydrogen-bond acceptors (Lipinski definition) is 2. The Balaban J connectivity index is 3.91. The van der Waals surface area contributed by atoms with Crippen molar-refractivity contribution in [3.63, 3.8) is 0 Å². The summed E-state index contributed by atoms with van der Waals surface area (Å²) in [5, 5.41) is 18.8. The van der Waals surface area contributed by atoms with Gasteiger partial charge in [0.25, 0.3) is 0 Å². The maximum atomic E-state index is 9.41. The van der Waals surface area contributed by atoms with Gasteiger partial charge in [0.15, 0.2) is 5.79 Å². The second-order valence-corrected chi connectivity index (χ2v) is 4.47. The largest absolute Gasteiger partial charge is 0.366 e. The third-order valence-electron chi connectivity index (χ3n) is 1.46. The van der Waals surface area contributed by atoms with Crippen LogP contribution in [0.5, 0.6) is 0 Å². The summed E-state index contributed by atoms with van der Waals surface area (Å²) in [5.74, 6) is -1.47. The maximum absolute atomic E-state index is 9.41. The Labute approximate surface area is 69.2 Å². The second kappa shape index (κ2) is 3.55. The summed E-state index contributed by atoms with van der Waals surface area (Å²) in [7, 11) is 0. The Morgan fingerprint density at radius 2 is 1.55 bits per heavy atom. The van der Waals surface area contributed by atoms with Crippen LogP contribution in [0, 0.1) is 5.41 Å². The normalized spacial score (nSPS) is 13.6. The van der Waals surface area contributed by atoms with E-state index in [2.05, 4.69) is 0 Å². The lowest BCUT2D eigenvalue weighted by atomic mass is 9.86. The highest BCUT2D eigenvalue weighted by Gasteiger charge is 2.28. The van der Waals surface area contributed by atoms with Gasteiger partial charge < -0.3 is 10.2 Å². The highest BCUT2D eigenvalue weighted by atomic mass is 16.5. The van der Waals surface area contributed by atoms with E-state index in [-0.39, 0.29) is 5.41 Å². The molecule has 0 heterocycles. The first-order chi connectivity index (χ1) is 4.77. The maximum Gasteiger partial charge on any atom is 0.162 e. The van der Waals surface area contributed by atoms with Crippen molar-refractivity contribution in [1.29, 1.82) is 0 Å². The smallest absolute Gasteiger partial charge is 0.162 e. The Hall–Kier alpha value is -0.0800. The summed E-state index contributed by atoms with van der Waals surface area (Å²) in [6, 6.07) is 0. The number of rotatable bonds is 3. The lowest BCUT2D eigenvalue weighted by Gasteiger charge is -2.29. The summed E-state index contributed by atoms with van der Waals surface area (Å²) in [4.78, 5) is 0. The minimum atomic E-state index is -1.47. The Bertz CT molecular complexity index is 111. The van der Waals surface area contributed by atoms with E-state index < -0.39 is 5.79 Å². The van der Waals surface area contributed by atoms with E-state index in [1.807, 2.05) is 27.7 Å². The molecule has 0 saturated carbocycles. The molecule has 0 saturated heterocycles. The monoisotopic (exact) mass is 160 g/mol. The van der Waals surface area contributed by atoms with Crippen molar-refractivity contribution in [2.24, 2.45) is 5.41 Å². The molecule has 0 aliphatic carbocycles. The van der Waals surface area contributed by atoms with Gasteiger partial charge in [0.2, 0.25) is 0 Å². The molecule has 68 valence electrons. The van der Waals surface area contributed by atoms with Crippen molar-refractivity contribution in [3.05, 3.63) is 0 Å². The third-order valence-corrected chi connectivity index (χ3v) is 1.46. The van der Waals surface area contributed by atoms with Crippen molar-refractivity contribution in [1.82, 2.24) is 0 Å². The van der Waals surface area contributed by atoms with E-state index in [0.717, 1.165) is 6.42 Å². The fourth-order valence-electron chi connectivity index (χ4n) is 1.34. The molecule has 0 aromatic carbocycles. The first kappa shape index (κ1) is 10.9. The zero-order chi connectivity index (χ0) is 9.12. The molecule has 2 N–H and O–H groups in total. The van der Waals surface area contributed by atoms with Crippen molar-refractivity contribution in [2.75, 3.05) is 0 Å². The van der Waals surface area contributed by atoms with E-state index in [0.29, 0.717) is 12.8 Å². The van der Waals surface area contributed by atoms with Crippen LogP contribution in [0.4, 0.5) is 0 Å². The average molecular weight is 160 g/mol. The number of aliphatic hydroxyl groups is 2. The van der Waals surface area contributed by atoms with E-state index in [9.17, 15) is 10.2 Å². The number of hydrogen-bond donors (Lipinski definition) is 2. The molecule has 0 spiro atoms. The third kappa shape index (κ3) is 6.32. The summed E-state index contributed by atoms with van der Waals surface area (Å²) < 4.78 is 0. The Kier molecular flexibility index (Phi) is 3.52. The van der Waals surface area contributed by atoms with Crippen LogP contribution in [0.2, 0.25) is 0 Å². The van der Waals surface area contributed by atoms with Crippen LogP contribution < -0.4 is 0 Å². The van der Waals surface area contributed by atoms with E-state index in [1.54, 1.807) is 0 Å². The molecule has 0 aliphatic rings. The van der Waals surface area contributed by atoms with Gasteiger partial charge in [-0.15, -0.1) is 0 Å². The van der Waals surface area contributed by atoms with Gasteiger partial charge in [-0.1, -0.05) is 34.1 Å². The summed E-state index contributed by atoms with van der Waals surface area (Å²) in [6.45, 7) is 7.96. The van der Waals surface area contributed by atoms with Gasteiger partial charge in [-0.2, -0.15) is 0 Å². The van der Waals surface area contributed by atoms with Gasteiger partial charge in [0.1, 0.15) is 0 Å². The Morgan fingerprint density at radius 3 is 1.82 bits per heavy atom. The zero-order valence-corrected chi connectivity index (χ0v) is 8.02. The highest BCUT2D eigenvalue weighted by molar-refractivity contribution is 4.73. The Morgan fingerprint density at radius 1 is 1.09 bits per heavy atom. The van der Waals surface area contributed by atoms with Gasteiger partial charge in [-0.3, -0.25) is 0 Å². The van der Waals surface area contributed by atoms with Crippen LogP contribution in [0.25, 0.3) is 0 Å². The van der Waals surface area contributed by atoms with E-state index in [4.69, 9.17) is 0 Å². The quantitative estimate of drug-likeness (QED) is 0.619. The first-order valence-electron chi connectivity index (χ1n) is 4.21. The summed E-state index contributed by atoms with van der Waals surface area (Å²) in [5.41, 5.74) is -0.0152. The molecule has 0 aliphatic heterocycles. The minimum Gasteiger partial charge on any atom is -0.366 e. The molecular formula is C9H20O2. The van der Waals surface area contributed by atoms with Crippen LogP contribution in [0.15, 0.2) is 0 Å². The fourth-order valence-corrected chi connectivity index (χ4v) is 1.34. The average Bonchev–Trinajstić information content (AvgIpc) is 1.55. The van der Waals surface area contributed by atoms with Gasteiger partial charge in [-0.25, -0.2) is 0 Å². The molecule has 0 atom stereocenters. The molecule has 11 heavy (non-hydrogen) atoms. The topological polar surface area (TPSA) is 40.5 Å². The molecule has 2 nitrogen and oxygen atoms in total. The predicted octanol–water partition coefficient (Wildman–Crippen LogP) is 1.90. The van der Waals surface area contributed by atoms with Crippen LogP contribution in [-0.2, 0) is 0 Å². The molecular weight excluding hydrogens is 140 g/mol. The van der Waals surface area contributed by atoms with Crippen molar-refractivity contribution in [3.8, 4) is 0 Å². The van der Waals surface area contributed by atoms with Gasteiger partial charge in [-0.05, 0) is 5.41 Å². The molecule has 0 aromatic rings. The molecule has 0 rings (SSSR count).